The number of nitrogens with zero attached hydrogens (tertiary/aromatic N) is 1. The molecule has 1 aliphatic heterocycles. The van der Waals surface area contributed by atoms with Gasteiger partial charge in [-0.15, -0.1) is 0 Å². The first-order valence-electron chi connectivity index (χ1n) is 5.23. The molecule has 3 nitrogen and oxygen atoms in total. The molecule has 0 aliphatic carbocycles. The van der Waals surface area contributed by atoms with Crippen molar-refractivity contribution in [2.75, 3.05) is 13.7 Å². The summed E-state index contributed by atoms with van der Waals surface area (Å²) in [5, 5.41) is 3.28. The number of hydrogen-bond acceptors (Lipinski definition) is 3. The van der Waals surface area contributed by atoms with Gasteiger partial charge in [-0.25, -0.2) is 0 Å². The van der Waals surface area contributed by atoms with Gasteiger partial charge in [0.1, 0.15) is 5.76 Å². The van der Waals surface area contributed by atoms with Crippen LogP contribution in [0.25, 0.3) is 0 Å². The summed E-state index contributed by atoms with van der Waals surface area (Å²) in [6.07, 6.45) is 6.87. The van der Waals surface area contributed by atoms with Crippen molar-refractivity contribution >= 4 is 0 Å². The Morgan fingerprint density at radius 1 is 1.53 bits per heavy atom. The molecule has 2 heterocycles. The molecule has 1 unspecified atom stereocenters. The van der Waals surface area contributed by atoms with Crippen LogP contribution in [-0.2, 0) is 4.74 Å². The second-order valence-corrected chi connectivity index (χ2v) is 3.70. The summed E-state index contributed by atoms with van der Waals surface area (Å²) in [4.78, 5) is 4.10. The molecule has 1 aromatic heterocycles. The van der Waals surface area contributed by atoms with Crippen LogP contribution in [0, 0.1) is 6.92 Å². The second kappa shape index (κ2) is 4.45. The maximum Gasteiger partial charge on any atom is 0.114 e. The summed E-state index contributed by atoms with van der Waals surface area (Å²) < 4.78 is 5.59. The van der Waals surface area contributed by atoms with Gasteiger partial charge in [-0.2, -0.15) is 0 Å². The number of likely N-dealkylation sites (N-methyl/N-ethyl adjacent to an activating group) is 1. The third kappa shape index (κ3) is 2.02. The highest BCUT2D eigenvalue weighted by Gasteiger charge is 2.20. The highest BCUT2D eigenvalue weighted by atomic mass is 16.5. The Morgan fingerprint density at radius 3 is 3.00 bits per heavy atom. The molecule has 80 valence electrons. The van der Waals surface area contributed by atoms with Crippen molar-refractivity contribution in [1.82, 2.24) is 10.3 Å². The Morgan fingerprint density at radius 2 is 2.40 bits per heavy atom. The summed E-state index contributed by atoms with van der Waals surface area (Å²) in [6, 6.07) is 2.20. The van der Waals surface area contributed by atoms with Crippen molar-refractivity contribution < 1.29 is 4.74 Å². The van der Waals surface area contributed by atoms with Crippen molar-refractivity contribution in [3.05, 3.63) is 41.4 Å². The Hall–Kier alpha value is -1.35. The van der Waals surface area contributed by atoms with E-state index in [9.17, 15) is 0 Å². The maximum atomic E-state index is 5.59. The molecule has 0 radical (unpaired) electrons. The van der Waals surface area contributed by atoms with Crippen LogP contribution in [0.3, 0.4) is 0 Å². The summed E-state index contributed by atoms with van der Waals surface area (Å²) >= 11 is 0. The fraction of sp³-hybridized carbons (Fsp3) is 0.417. The second-order valence-electron chi connectivity index (χ2n) is 3.70. The molecule has 1 atom stereocenters. The fourth-order valence-electron chi connectivity index (χ4n) is 1.90. The van der Waals surface area contributed by atoms with Crippen LogP contribution in [0.2, 0.25) is 0 Å². The van der Waals surface area contributed by atoms with E-state index in [1.54, 1.807) is 0 Å². The van der Waals surface area contributed by atoms with E-state index in [4.69, 9.17) is 4.74 Å². The molecule has 0 saturated carbocycles. The van der Waals surface area contributed by atoms with Crippen molar-refractivity contribution in [2.24, 2.45) is 0 Å². The highest BCUT2D eigenvalue weighted by Crippen LogP contribution is 2.27. The zero-order chi connectivity index (χ0) is 10.7. The number of rotatable bonds is 3. The Balaban J connectivity index is 2.30. The average Bonchev–Trinajstić information content (AvgIpc) is 2.75. The fourth-order valence-corrected chi connectivity index (χ4v) is 1.90. The summed E-state index contributed by atoms with van der Waals surface area (Å²) in [6.45, 7) is 2.87. The number of nitrogens with one attached hydrogen (secondary N) is 1. The summed E-state index contributed by atoms with van der Waals surface area (Å²) in [7, 11) is 1.95. The van der Waals surface area contributed by atoms with Gasteiger partial charge in [-0.3, -0.25) is 4.98 Å². The van der Waals surface area contributed by atoms with Crippen molar-refractivity contribution in [2.45, 2.75) is 19.4 Å². The molecule has 0 aromatic carbocycles. The zero-order valence-corrected chi connectivity index (χ0v) is 9.16. The molecule has 15 heavy (non-hydrogen) atoms. The number of ether oxygens (including phenoxy) is 1. The van der Waals surface area contributed by atoms with E-state index >= 15 is 0 Å². The minimum atomic E-state index is 0.162. The number of aromatic nitrogens is 1. The maximum absolute atomic E-state index is 5.59. The van der Waals surface area contributed by atoms with Gasteiger partial charge in [0, 0.05) is 18.8 Å². The molecular weight excluding hydrogens is 188 g/mol. The molecule has 0 spiro atoms. The van der Waals surface area contributed by atoms with Crippen molar-refractivity contribution in [1.29, 1.82) is 0 Å². The van der Waals surface area contributed by atoms with Crippen molar-refractivity contribution in [3.63, 3.8) is 0 Å². The Labute approximate surface area is 90.2 Å². The molecule has 0 amide bonds. The normalized spacial score (nSPS) is 17.1. The van der Waals surface area contributed by atoms with Crippen LogP contribution in [-0.4, -0.2) is 18.6 Å². The largest absolute Gasteiger partial charge is 0.496 e. The minimum absolute atomic E-state index is 0.162. The first kappa shape index (κ1) is 10.2. The van der Waals surface area contributed by atoms with Gasteiger partial charge >= 0.3 is 0 Å². The standard InChI is InChI=1S/C12H16N2O/c1-9-8-14-6-5-10(9)12(13-2)11-4-3-7-15-11/h4-6,8,12-13H,3,7H2,1-2H3. The van der Waals surface area contributed by atoms with Gasteiger partial charge in [-0.05, 0) is 37.2 Å². The topological polar surface area (TPSA) is 34.1 Å². The predicted molar refractivity (Wildman–Crippen MR) is 59.4 cm³/mol. The number of hydrogen-bond donors (Lipinski definition) is 1. The molecule has 1 aromatic rings. The lowest BCUT2D eigenvalue weighted by atomic mass is 10.0. The molecule has 3 heteroatoms. The lowest BCUT2D eigenvalue weighted by Gasteiger charge is -2.19. The average molecular weight is 204 g/mol. The quantitative estimate of drug-likeness (QED) is 0.817. The van der Waals surface area contributed by atoms with E-state index in [2.05, 4.69) is 23.3 Å². The molecular formula is C12H16N2O. The van der Waals surface area contributed by atoms with E-state index < -0.39 is 0 Å². The lowest BCUT2D eigenvalue weighted by molar-refractivity contribution is 0.218. The summed E-state index contributed by atoms with van der Waals surface area (Å²) in [5.74, 6) is 1.03. The Bertz CT molecular complexity index is 374. The Kier molecular flexibility index (Phi) is 3.02. The monoisotopic (exact) mass is 204 g/mol. The lowest BCUT2D eigenvalue weighted by Crippen LogP contribution is -2.20. The summed E-state index contributed by atoms with van der Waals surface area (Å²) in [5.41, 5.74) is 2.42. The van der Waals surface area contributed by atoms with Gasteiger partial charge in [-0.1, -0.05) is 0 Å². The van der Waals surface area contributed by atoms with E-state index in [0.29, 0.717) is 0 Å². The van der Waals surface area contributed by atoms with Crippen LogP contribution in [0.4, 0.5) is 0 Å². The van der Waals surface area contributed by atoms with Gasteiger partial charge in [0.15, 0.2) is 0 Å². The molecule has 0 saturated heterocycles. The van der Waals surface area contributed by atoms with Crippen LogP contribution in [0.1, 0.15) is 23.6 Å². The minimum Gasteiger partial charge on any atom is -0.496 e. The molecule has 1 aliphatic rings. The first-order chi connectivity index (χ1) is 7.33. The molecule has 0 bridgehead atoms. The SMILES string of the molecule is CNC(C1=CCCO1)c1ccncc1C. The highest BCUT2D eigenvalue weighted by molar-refractivity contribution is 5.31. The van der Waals surface area contributed by atoms with Crippen LogP contribution in [0.5, 0.6) is 0 Å². The first-order valence-corrected chi connectivity index (χ1v) is 5.23. The third-order valence-corrected chi connectivity index (χ3v) is 2.68. The van der Waals surface area contributed by atoms with Gasteiger partial charge in [0.2, 0.25) is 0 Å². The van der Waals surface area contributed by atoms with E-state index in [1.807, 2.05) is 25.5 Å². The molecule has 0 fully saturated rings. The van der Waals surface area contributed by atoms with Crippen LogP contribution >= 0.6 is 0 Å². The van der Waals surface area contributed by atoms with E-state index in [0.717, 1.165) is 18.8 Å². The van der Waals surface area contributed by atoms with Crippen LogP contribution < -0.4 is 5.32 Å². The number of pyridine rings is 1. The zero-order valence-electron chi connectivity index (χ0n) is 9.16. The van der Waals surface area contributed by atoms with Crippen molar-refractivity contribution in [3.8, 4) is 0 Å². The van der Waals surface area contributed by atoms with Gasteiger partial charge in [0.25, 0.3) is 0 Å². The van der Waals surface area contributed by atoms with E-state index in [1.165, 1.54) is 11.1 Å². The van der Waals surface area contributed by atoms with Gasteiger partial charge < -0.3 is 10.1 Å². The van der Waals surface area contributed by atoms with E-state index in [-0.39, 0.29) is 6.04 Å². The molecule has 2 rings (SSSR count). The smallest absolute Gasteiger partial charge is 0.114 e. The third-order valence-electron chi connectivity index (χ3n) is 2.68. The molecule has 1 N–H and O–H groups in total. The van der Waals surface area contributed by atoms with Gasteiger partial charge in [0.05, 0.1) is 12.6 Å². The predicted octanol–water partition coefficient (Wildman–Crippen LogP) is 1.95. The van der Waals surface area contributed by atoms with Crippen LogP contribution in [0.15, 0.2) is 30.3 Å². The number of aryl methyl sites for hydroxylation is 1.